The van der Waals surface area contributed by atoms with Crippen LogP contribution >= 0.6 is 0 Å². The number of hydrogen-bond donors (Lipinski definition) is 2. The van der Waals surface area contributed by atoms with Gasteiger partial charge in [0.05, 0.1) is 17.4 Å². The molecule has 0 aliphatic carbocycles. The van der Waals surface area contributed by atoms with Crippen LogP contribution in [0, 0.1) is 5.82 Å². The third-order valence-electron chi connectivity index (χ3n) is 2.48. The fourth-order valence-corrected chi connectivity index (χ4v) is 1.59. The molecule has 21 heavy (non-hydrogen) atoms. The molecule has 0 atom stereocenters. The number of hydrogen-bond acceptors (Lipinski definition) is 4. The molecule has 1 aromatic heterocycles. The van der Waals surface area contributed by atoms with Crippen LogP contribution in [0.3, 0.4) is 0 Å². The first-order valence-electron chi connectivity index (χ1n) is 5.73. The van der Waals surface area contributed by atoms with Crippen molar-refractivity contribution in [3.8, 4) is 5.75 Å². The molecule has 1 heterocycles. The Morgan fingerprint density at radius 3 is 2.76 bits per heavy atom. The molecule has 2 aromatic rings. The molecule has 1 amide bonds. The van der Waals surface area contributed by atoms with E-state index in [4.69, 9.17) is 5.73 Å². The molecule has 3 N–H and O–H groups in total. The van der Waals surface area contributed by atoms with Gasteiger partial charge in [0, 0.05) is 0 Å². The number of benzene rings is 1. The lowest BCUT2D eigenvalue weighted by atomic mass is 10.2. The van der Waals surface area contributed by atoms with Crippen molar-refractivity contribution < 1.29 is 22.7 Å². The summed E-state index contributed by atoms with van der Waals surface area (Å²) in [7, 11) is 0. The van der Waals surface area contributed by atoms with Gasteiger partial charge in [-0.1, -0.05) is 12.1 Å². The minimum atomic E-state index is -3.04. The molecule has 0 radical (unpaired) electrons. The van der Waals surface area contributed by atoms with E-state index in [1.54, 1.807) is 0 Å². The predicted octanol–water partition coefficient (Wildman–Crippen LogP) is 2.66. The Kier molecular flexibility index (Phi) is 4.27. The average Bonchev–Trinajstić information content (AvgIpc) is 2.43. The van der Waals surface area contributed by atoms with Crippen LogP contribution in [0.5, 0.6) is 5.75 Å². The van der Waals surface area contributed by atoms with Gasteiger partial charge in [-0.05, 0) is 18.2 Å². The third-order valence-corrected chi connectivity index (χ3v) is 2.48. The van der Waals surface area contributed by atoms with Crippen LogP contribution in [0.25, 0.3) is 0 Å². The first-order valence-corrected chi connectivity index (χ1v) is 5.73. The number of nitrogens with zero attached hydrogens (tertiary/aromatic N) is 1. The first-order chi connectivity index (χ1) is 9.97. The summed E-state index contributed by atoms with van der Waals surface area (Å²) in [6, 6.07) is 6.49. The van der Waals surface area contributed by atoms with Gasteiger partial charge in [0.1, 0.15) is 17.4 Å². The monoisotopic (exact) mass is 297 g/mol. The number of carbonyl (C=O) groups excluding carboxylic acids is 1. The molecule has 0 spiro atoms. The molecule has 5 nitrogen and oxygen atoms in total. The standard InChI is InChI=1S/C13H10F3N3O2/c14-7-5-8(11(17)18-6-7)12(20)19-9-3-1-2-4-10(9)21-13(15)16/h1-6,13H,(H2,17,18)(H,19,20). The molecule has 0 aliphatic heterocycles. The second-order valence-corrected chi connectivity index (χ2v) is 3.92. The molecule has 0 unspecified atom stereocenters. The van der Waals surface area contributed by atoms with Gasteiger partial charge >= 0.3 is 6.61 Å². The topological polar surface area (TPSA) is 77.2 Å². The van der Waals surface area contributed by atoms with E-state index >= 15 is 0 Å². The van der Waals surface area contributed by atoms with Crippen molar-refractivity contribution in [3.63, 3.8) is 0 Å². The van der Waals surface area contributed by atoms with E-state index in [0.29, 0.717) is 0 Å². The highest BCUT2D eigenvalue weighted by Gasteiger charge is 2.15. The minimum absolute atomic E-state index is 0.00598. The van der Waals surface area contributed by atoms with Crippen molar-refractivity contribution in [1.29, 1.82) is 0 Å². The number of rotatable bonds is 4. The van der Waals surface area contributed by atoms with Crippen LogP contribution < -0.4 is 15.8 Å². The number of para-hydroxylation sites is 2. The summed E-state index contributed by atoms with van der Waals surface area (Å²) in [6.45, 7) is -3.04. The Hall–Kier alpha value is -2.77. The second kappa shape index (κ2) is 6.12. The summed E-state index contributed by atoms with van der Waals surface area (Å²) in [6.07, 6.45) is 0.861. The molecular weight excluding hydrogens is 287 g/mol. The Balaban J connectivity index is 2.25. The molecule has 0 saturated carbocycles. The normalized spacial score (nSPS) is 10.5. The number of carbonyl (C=O) groups is 1. The van der Waals surface area contributed by atoms with E-state index in [2.05, 4.69) is 15.0 Å². The molecule has 110 valence electrons. The van der Waals surface area contributed by atoms with Gasteiger partial charge in [0.2, 0.25) is 0 Å². The fourth-order valence-electron chi connectivity index (χ4n) is 1.59. The summed E-state index contributed by atoms with van der Waals surface area (Å²) < 4.78 is 41.9. The van der Waals surface area contributed by atoms with Gasteiger partial charge < -0.3 is 15.8 Å². The first kappa shape index (κ1) is 14.6. The molecule has 0 saturated heterocycles. The fraction of sp³-hybridized carbons (Fsp3) is 0.0769. The number of nitrogen functional groups attached to an aromatic ring is 1. The lowest BCUT2D eigenvalue weighted by Gasteiger charge is -2.12. The van der Waals surface area contributed by atoms with Crippen molar-refractivity contribution in [1.82, 2.24) is 4.98 Å². The Labute approximate surface area is 117 Å². The average molecular weight is 297 g/mol. The van der Waals surface area contributed by atoms with Gasteiger partial charge in [-0.2, -0.15) is 8.78 Å². The van der Waals surface area contributed by atoms with Crippen LogP contribution in [0.1, 0.15) is 10.4 Å². The Bertz CT molecular complexity index is 665. The quantitative estimate of drug-likeness (QED) is 0.909. The summed E-state index contributed by atoms with van der Waals surface area (Å²) >= 11 is 0. The maximum atomic E-state index is 13.1. The van der Waals surface area contributed by atoms with E-state index < -0.39 is 18.3 Å². The highest BCUT2D eigenvalue weighted by atomic mass is 19.3. The number of amides is 1. The number of ether oxygens (including phenoxy) is 1. The zero-order valence-electron chi connectivity index (χ0n) is 10.5. The number of nitrogens with two attached hydrogens (primary N) is 1. The lowest BCUT2D eigenvalue weighted by Crippen LogP contribution is -2.16. The van der Waals surface area contributed by atoms with Crippen molar-refractivity contribution in [2.75, 3.05) is 11.1 Å². The van der Waals surface area contributed by atoms with Crippen molar-refractivity contribution in [2.45, 2.75) is 6.61 Å². The van der Waals surface area contributed by atoms with E-state index in [0.717, 1.165) is 12.3 Å². The number of aromatic nitrogens is 1. The smallest absolute Gasteiger partial charge is 0.387 e. The Morgan fingerprint density at radius 2 is 2.05 bits per heavy atom. The van der Waals surface area contributed by atoms with E-state index in [1.165, 1.54) is 24.3 Å². The molecule has 2 rings (SSSR count). The number of pyridine rings is 1. The summed E-state index contributed by atoms with van der Waals surface area (Å²) in [4.78, 5) is 15.5. The van der Waals surface area contributed by atoms with E-state index in [1.807, 2.05) is 0 Å². The maximum Gasteiger partial charge on any atom is 0.387 e. The zero-order chi connectivity index (χ0) is 15.4. The molecule has 8 heteroatoms. The molecule has 0 fully saturated rings. The van der Waals surface area contributed by atoms with Crippen molar-refractivity contribution in [2.24, 2.45) is 0 Å². The van der Waals surface area contributed by atoms with Crippen molar-refractivity contribution in [3.05, 3.63) is 47.9 Å². The maximum absolute atomic E-state index is 13.1. The SMILES string of the molecule is Nc1ncc(F)cc1C(=O)Nc1ccccc1OC(F)F. The van der Waals surface area contributed by atoms with Gasteiger partial charge in [-0.15, -0.1) is 0 Å². The summed E-state index contributed by atoms with van der Waals surface area (Å²) in [5.41, 5.74) is 5.27. The third kappa shape index (κ3) is 3.62. The predicted molar refractivity (Wildman–Crippen MR) is 69.6 cm³/mol. The van der Waals surface area contributed by atoms with Gasteiger partial charge in [-0.3, -0.25) is 4.79 Å². The lowest BCUT2D eigenvalue weighted by molar-refractivity contribution is -0.0493. The van der Waals surface area contributed by atoms with Gasteiger partial charge in [-0.25, -0.2) is 9.37 Å². The molecule has 0 aliphatic rings. The molecule has 0 bridgehead atoms. The van der Waals surface area contributed by atoms with E-state index in [-0.39, 0.29) is 22.8 Å². The highest BCUT2D eigenvalue weighted by molar-refractivity contribution is 6.07. The van der Waals surface area contributed by atoms with E-state index in [9.17, 15) is 18.0 Å². The van der Waals surface area contributed by atoms with Crippen LogP contribution in [0.15, 0.2) is 36.5 Å². The Morgan fingerprint density at radius 1 is 1.33 bits per heavy atom. The number of halogens is 3. The molecule has 1 aromatic carbocycles. The van der Waals surface area contributed by atoms with Crippen LogP contribution in [0.4, 0.5) is 24.7 Å². The van der Waals surface area contributed by atoms with Crippen LogP contribution in [-0.2, 0) is 0 Å². The number of nitrogens with one attached hydrogen (secondary N) is 1. The second-order valence-electron chi connectivity index (χ2n) is 3.92. The minimum Gasteiger partial charge on any atom is -0.433 e. The molecular formula is C13H10F3N3O2. The number of anilines is 2. The van der Waals surface area contributed by atoms with Gasteiger partial charge in [0.25, 0.3) is 5.91 Å². The summed E-state index contributed by atoms with van der Waals surface area (Å²) in [5.74, 6) is -1.93. The summed E-state index contributed by atoms with van der Waals surface area (Å²) in [5, 5.41) is 2.32. The van der Waals surface area contributed by atoms with Crippen molar-refractivity contribution >= 4 is 17.4 Å². The largest absolute Gasteiger partial charge is 0.433 e. The zero-order valence-corrected chi connectivity index (χ0v) is 10.5. The van der Waals surface area contributed by atoms with Crippen LogP contribution in [-0.4, -0.2) is 17.5 Å². The van der Waals surface area contributed by atoms with Gasteiger partial charge in [0.15, 0.2) is 0 Å². The van der Waals surface area contributed by atoms with Crippen LogP contribution in [0.2, 0.25) is 0 Å². The number of alkyl halides is 2. The highest BCUT2D eigenvalue weighted by Crippen LogP contribution is 2.26.